The van der Waals surface area contributed by atoms with Crippen molar-refractivity contribution in [3.8, 4) is 6.07 Å². The molecule has 1 aromatic carbocycles. The van der Waals surface area contributed by atoms with Crippen molar-refractivity contribution in [2.75, 3.05) is 14.1 Å². The zero-order chi connectivity index (χ0) is 13.9. The Hall–Kier alpha value is -1.57. The third-order valence-electron chi connectivity index (χ3n) is 2.29. The van der Waals surface area contributed by atoms with Crippen LogP contribution in [0.3, 0.4) is 0 Å². The van der Waals surface area contributed by atoms with Crippen molar-refractivity contribution in [2.24, 2.45) is 5.92 Å². The second-order valence-electron chi connectivity index (χ2n) is 3.76. The van der Waals surface area contributed by atoms with Gasteiger partial charge in [-0.15, -0.1) is 0 Å². The molecule has 1 atom stereocenters. The summed E-state index contributed by atoms with van der Waals surface area (Å²) in [5, 5.41) is 9.20. The van der Waals surface area contributed by atoms with Gasteiger partial charge in [0.2, 0.25) is 5.91 Å². The predicted octanol–water partition coefficient (Wildman–Crippen LogP) is 2.40. The number of hydrogen-bond acceptors (Lipinski definition) is 3. The van der Waals surface area contributed by atoms with Crippen LogP contribution in [0, 0.1) is 17.2 Å². The Morgan fingerprint density at radius 1 is 1.28 bits per heavy atom. The summed E-state index contributed by atoms with van der Waals surface area (Å²) < 4.78 is 0. The van der Waals surface area contributed by atoms with Crippen LogP contribution in [0.2, 0.25) is 10.0 Å². The van der Waals surface area contributed by atoms with Gasteiger partial charge < -0.3 is 4.90 Å². The van der Waals surface area contributed by atoms with Crippen LogP contribution < -0.4 is 0 Å². The molecule has 0 bridgehead atoms. The van der Waals surface area contributed by atoms with Crippen LogP contribution in [-0.4, -0.2) is 30.7 Å². The van der Waals surface area contributed by atoms with Crippen molar-refractivity contribution in [3.05, 3.63) is 33.8 Å². The van der Waals surface area contributed by atoms with Crippen LogP contribution in [-0.2, 0) is 4.79 Å². The first kappa shape index (κ1) is 14.5. The number of hydrogen-bond donors (Lipinski definition) is 0. The Morgan fingerprint density at radius 2 is 1.78 bits per heavy atom. The minimum absolute atomic E-state index is 0.00239. The SMILES string of the molecule is CN(C)C(=O)C(C#N)C(=O)c1c(Cl)cccc1Cl. The number of rotatable bonds is 3. The van der Waals surface area contributed by atoms with Crippen LogP contribution in [0.15, 0.2) is 18.2 Å². The van der Waals surface area contributed by atoms with Crippen molar-refractivity contribution < 1.29 is 9.59 Å². The molecule has 18 heavy (non-hydrogen) atoms. The lowest BCUT2D eigenvalue weighted by Gasteiger charge is -2.15. The highest BCUT2D eigenvalue weighted by Crippen LogP contribution is 2.27. The van der Waals surface area contributed by atoms with Crippen LogP contribution in [0.4, 0.5) is 0 Å². The molecule has 1 rings (SSSR count). The molecule has 0 fully saturated rings. The lowest BCUT2D eigenvalue weighted by molar-refractivity contribution is -0.129. The maximum Gasteiger partial charge on any atom is 0.247 e. The van der Waals surface area contributed by atoms with E-state index in [0.717, 1.165) is 0 Å². The largest absolute Gasteiger partial charge is 0.347 e. The first-order valence-corrected chi connectivity index (χ1v) is 5.74. The molecule has 0 aliphatic heterocycles. The number of nitriles is 1. The summed E-state index contributed by atoms with van der Waals surface area (Å²) in [7, 11) is 2.93. The monoisotopic (exact) mass is 284 g/mol. The van der Waals surface area contributed by atoms with Gasteiger partial charge in [0.05, 0.1) is 21.7 Å². The molecule has 94 valence electrons. The molecule has 0 aliphatic rings. The fourth-order valence-corrected chi connectivity index (χ4v) is 1.95. The number of halogens is 2. The highest BCUT2D eigenvalue weighted by molar-refractivity contribution is 6.40. The fraction of sp³-hybridized carbons (Fsp3) is 0.250. The molecule has 0 spiro atoms. The van der Waals surface area contributed by atoms with Crippen LogP contribution in [0.5, 0.6) is 0 Å². The van der Waals surface area contributed by atoms with E-state index in [1.807, 2.05) is 0 Å². The molecule has 1 amide bonds. The number of carbonyl (C=O) groups excluding carboxylic acids is 2. The molecule has 1 unspecified atom stereocenters. The van der Waals surface area contributed by atoms with Gasteiger partial charge in [0.25, 0.3) is 0 Å². The minimum atomic E-state index is -1.43. The lowest BCUT2D eigenvalue weighted by atomic mass is 9.97. The van der Waals surface area contributed by atoms with Gasteiger partial charge in [0.15, 0.2) is 11.7 Å². The molecule has 4 nitrogen and oxygen atoms in total. The Labute approximate surface area is 115 Å². The van der Waals surface area contributed by atoms with E-state index in [1.165, 1.54) is 31.1 Å². The zero-order valence-electron chi connectivity index (χ0n) is 9.78. The molecule has 0 saturated heterocycles. The molecule has 0 radical (unpaired) electrons. The highest BCUT2D eigenvalue weighted by atomic mass is 35.5. The summed E-state index contributed by atoms with van der Waals surface area (Å²) in [6.45, 7) is 0. The topological polar surface area (TPSA) is 61.2 Å². The van der Waals surface area contributed by atoms with E-state index < -0.39 is 17.6 Å². The molecule has 1 aromatic rings. The Bertz CT molecular complexity index is 515. The summed E-state index contributed by atoms with van der Waals surface area (Å²) in [6.07, 6.45) is 0. The summed E-state index contributed by atoms with van der Waals surface area (Å²) >= 11 is 11.7. The molecule has 0 aromatic heterocycles. The summed E-state index contributed by atoms with van der Waals surface area (Å²) in [4.78, 5) is 25.0. The standard InChI is InChI=1S/C12H10Cl2N2O2/c1-16(2)12(18)7(6-15)11(17)10-8(13)4-3-5-9(10)14/h3-5,7H,1-2H3. The van der Waals surface area contributed by atoms with Gasteiger partial charge in [-0.2, -0.15) is 5.26 Å². The van der Waals surface area contributed by atoms with Crippen LogP contribution in [0.25, 0.3) is 0 Å². The number of nitrogens with zero attached hydrogens (tertiary/aromatic N) is 2. The third-order valence-corrected chi connectivity index (χ3v) is 2.92. The van der Waals surface area contributed by atoms with E-state index in [4.69, 9.17) is 28.5 Å². The van der Waals surface area contributed by atoms with E-state index >= 15 is 0 Å². The minimum Gasteiger partial charge on any atom is -0.347 e. The van der Waals surface area contributed by atoms with Gasteiger partial charge in [0.1, 0.15) is 0 Å². The second kappa shape index (κ2) is 5.85. The first-order chi connectivity index (χ1) is 8.40. The van der Waals surface area contributed by atoms with E-state index in [1.54, 1.807) is 12.1 Å². The number of carbonyl (C=O) groups is 2. The molecular weight excluding hydrogens is 275 g/mol. The van der Waals surface area contributed by atoms with Gasteiger partial charge >= 0.3 is 0 Å². The zero-order valence-corrected chi connectivity index (χ0v) is 11.3. The number of ketones is 1. The van der Waals surface area contributed by atoms with Crippen molar-refractivity contribution in [1.82, 2.24) is 4.90 Å². The van der Waals surface area contributed by atoms with Crippen molar-refractivity contribution in [2.45, 2.75) is 0 Å². The Balaban J connectivity index is 3.22. The van der Waals surface area contributed by atoms with Crippen molar-refractivity contribution in [3.63, 3.8) is 0 Å². The smallest absolute Gasteiger partial charge is 0.247 e. The van der Waals surface area contributed by atoms with E-state index in [2.05, 4.69) is 0 Å². The Kier molecular flexibility index (Phi) is 4.71. The summed E-state index contributed by atoms with van der Waals surface area (Å²) in [5.41, 5.74) is 0.00239. The maximum absolute atomic E-state index is 12.1. The molecule has 0 heterocycles. The average Bonchev–Trinajstić information content (AvgIpc) is 2.29. The van der Waals surface area contributed by atoms with Gasteiger partial charge in [-0.3, -0.25) is 9.59 Å². The predicted molar refractivity (Wildman–Crippen MR) is 68.6 cm³/mol. The molecule has 0 aliphatic carbocycles. The van der Waals surface area contributed by atoms with Gasteiger partial charge in [0, 0.05) is 14.1 Å². The van der Waals surface area contributed by atoms with Crippen LogP contribution >= 0.6 is 23.2 Å². The normalized spacial score (nSPS) is 11.5. The summed E-state index contributed by atoms with van der Waals surface area (Å²) in [5.74, 6) is -2.72. The van der Waals surface area contributed by atoms with Crippen molar-refractivity contribution >= 4 is 34.9 Å². The van der Waals surface area contributed by atoms with E-state index in [0.29, 0.717) is 0 Å². The quantitative estimate of drug-likeness (QED) is 0.633. The molecule has 0 N–H and O–H groups in total. The van der Waals surface area contributed by atoms with E-state index in [9.17, 15) is 9.59 Å². The number of amides is 1. The number of Topliss-reactive ketones (excluding diaryl/α,β-unsaturated/α-hetero) is 1. The summed E-state index contributed by atoms with van der Waals surface area (Å²) in [6, 6.07) is 6.22. The molecule has 6 heteroatoms. The van der Waals surface area contributed by atoms with E-state index in [-0.39, 0.29) is 15.6 Å². The highest BCUT2D eigenvalue weighted by Gasteiger charge is 2.31. The van der Waals surface area contributed by atoms with Crippen molar-refractivity contribution in [1.29, 1.82) is 5.26 Å². The second-order valence-corrected chi connectivity index (χ2v) is 4.57. The number of benzene rings is 1. The average molecular weight is 285 g/mol. The fourth-order valence-electron chi connectivity index (χ4n) is 1.36. The van der Waals surface area contributed by atoms with Gasteiger partial charge in [-0.25, -0.2) is 0 Å². The molecule has 0 saturated carbocycles. The molecular formula is C12H10Cl2N2O2. The van der Waals surface area contributed by atoms with Gasteiger partial charge in [-0.1, -0.05) is 29.3 Å². The van der Waals surface area contributed by atoms with Gasteiger partial charge in [-0.05, 0) is 12.1 Å². The first-order valence-electron chi connectivity index (χ1n) is 4.99. The van der Waals surface area contributed by atoms with Crippen LogP contribution in [0.1, 0.15) is 10.4 Å². The lowest BCUT2D eigenvalue weighted by Crippen LogP contribution is -2.34. The Morgan fingerprint density at radius 3 is 2.17 bits per heavy atom. The third kappa shape index (κ3) is 2.81. The maximum atomic E-state index is 12.1.